The van der Waals surface area contributed by atoms with Gasteiger partial charge in [0.1, 0.15) is 6.54 Å². The van der Waals surface area contributed by atoms with Gasteiger partial charge < -0.3 is 15.4 Å². The number of methoxy groups -OCH3 is 1. The van der Waals surface area contributed by atoms with Gasteiger partial charge in [0.2, 0.25) is 0 Å². The summed E-state index contributed by atoms with van der Waals surface area (Å²) in [6.07, 6.45) is -4.45. The minimum atomic E-state index is -4.45. The Balaban J connectivity index is 3.08. The van der Waals surface area contributed by atoms with E-state index in [1.54, 1.807) is 0 Å². The summed E-state index contributed by atoms with van der Waals surface area (Å²) in [6, 6.07) is 4.39. The number of nitrogens with zero attached hydrogens (tertiary/aromatic N) is 1. The highest BCUT2D eigenvalue weighted by molar-refractivity contribution is 5.98. The smallest absolute Gasteiger partial charge is 0.406 e. The third-order valence-corrected chi connectivity index (χ3v) is 2.52. The summed E-state index contributed by atoms with van der Waals surface area (Å²) in [5, 5.41) is 0. The third kappa shape index (κ3) is 3.77. The van der Waals surface area contributed by atoms with E-state index in [0.717, 1.165) is 0 Å². The molecule has 0 fully saturated rings. The molecular formula is C12H15F3N2O2. The van der Waals surface area contributed by atoms with Crippen molar-refractivity contribution in [1.29, 1.82) is 0 Å². The summed E-state index contributed by atoms with van der Waals surface area (Å²) in [5.74, 6) is -0.669. The van der Waals surface area contributed by atoms with Crippen LogP contribution in [-0.4, -0.2) is 37.2 Å². The number of alkyl halides is 3. The van der Waals surface area contributed by atoms with Crippen LogP contribution in [0.15, 0.2) is 18.2 Å². The standard InChI is InChI=1S/C12H15F3N2O2/c1-3-17(7-12(13,14)15)11(18)8-5-4-6-9(16)10(8)19-2/h4-6H,3,7,16H2,1-2H3. The van der Waals surface area contributed by atoms with Gasteiger partial charge >= 0.3 is 6.18 Å². The number of para-hydroxylation sites is 1. The van der Waals surface area contributed by atoms with Crippen molar-refractivity contribution in [2.24, 2.45) is 0 Å². The van der Waals surface area contributed by atoms with Gasteiger partial charge in [0, 0.05) is 6.54 Å². The molecule has 0 saturated heterocycles. The van der Waals surface area contributed by atoms with E-state index in [9.17, 15) is 18.0 Å². The summed E-state index contributed by atoms with van der Waals surface area (Å²) in [4.78, 5) is 12.8. The summed E-state index contributed by atoms with van der Waals surface area (Å²) in [5.41, 5.74) is 5.85. The zero-order valence-electron chi connectivity index (χ0n) is 10.6. The van der Waals surface area contributed by atoms with Crippen molar-refractivity contribution in [1.82, 2.24) is 4.90 Å². The first-order valence-corrected chi connectivity index (χ1v) is 5.58. The molecule has 4 nitrogen and oxygen atoms in total. The summed E-state index contributed by atoms with van der Waals surface area (Å²) in [7, 11) is 1.31. The Morgan fingerprint density at radius 3 is 2.53 bits per heavy atom. The van der Waals surface area contributed by atoms with Crippen LogP contribution >= 0.6 is 0 Å². The van der Waals surface area contributed by atoms with E-state index in [4.69, 9.17) is 10.5 Å². The average Bonchev–Trinajstić information content (AvgIpc) is 2.33. The molecule has 0 aliphatic heterocycles. The average molecular weight is 276 g/mol. The van der Waals surface area contributed by atoms with E-state index in [-0.39, 0.29) is 23.5 Å². The quantitative estimate of drug-likeness (QED) is 0.858. The molecule has 0 radical (unpaired) electrons. The summed E-state index contributed by atoms with van der Waals surface area (Å²) < 4.78 is 42.1. The Bertz CT molecular complexity index is 461. The molecule has 0 unspecified atom stereocenters. The number of nitrogens with two attached hydrogens (primary N) is 1. The van der Waals surface area contributed by atoms with Crippen LogP contribution in [-0.2, 0) is 0 Å². The Kier molecular flexibility index (Phi) is 4.63. The largest absolute Gasteiger partial charge is 0.494 e. The molecule has 1 aromatic rings. The maximum absolute atomic E-state index is 12.4. The van der Waals surface area contributed by atoms with Crippen molar-refractivity contribution in [3.05, 3.63) is 23.8 Å². The van der Waals surface area contributed by atoms with Crippen molar-refractivity contribution in [3.8, 4) is 5.75 Å². The van der Waals surface area contributed by atoms with Crippen molar-refractivity contribution < 1.29 is 22.7 Å². The van der Waals surface area contributed by atoms with Crippen LogP contribution in [0.2, 0.25) is 0 Å². The number of hydrogen-bond donors (Lipinski definition) is 1. The van der Waals surface area contributed by atoms with E-state index in [1.165, 1.54) is 32.2 Å². The maximum Gasteiger partial charge on any atom is 0.406 e. The normalized spacial score (nSPS) is 11.2. The van der Waals surface area contributed by atoms with E-state index >= 15 is 0 Å². The van der Waals surface area contributed by atoms with Crippen LogP contribution in [0.25, 0.3) is 0 Å². The van der Waals surface area contributed by atoms with Crippen molar-refractivity contribution in [3.63, 3.8) is 0 Å². The molecule has 0 atom stereocenters. The highest BCUT2D eigenvalue weighted by atomic mass is 19.4. The Labute approximate surface area is 108 Å². The monoisotopic (exact) mass is 276 g/mol. The van der Waals surface area contributed by atoms with Crippen molar-refractivity contribution in [2.45, 2.75) is 13.1 Å². The van der Waals surface area contributed by atoms with Gasteiger partial charge in [-0.3, -0.25) is 4.79 Å². The number of halogens is 3. The number of ether oxygens (including phenoxy) is 1. The van der Waals surface area contributed by atoms with Crippen LogP contribution in [0.1, 0.15) is 17.3 Å². The highest BCUT2D eigenvalue weighted by Gasteiger charge is 2.33. The SMILES string of the molecule is CCN(CC(F)(F)F)C(=O)c1cccc(N)c1OC. The first-order valence-electron chi connectivity index (χ1n) is 5.58. The number of carbonyl (C=O) groups is 1. The molecule has 1 amide bonds. The van der Waals surface area contributed by atoms with Crippen LogP contribution < -0.4 is 10.5 Å². The minimum Gasteiger partial charge on any atom is -0.494 e. The van der Waals surface area contributed by atoms with E-state index < -0.39 is 18.6 Å². The predicted molar refractivity (Wildman–Crippen MR) is 65.0 cm³/mol. The van der Waals surface area contributed by atoms with Crippen LogP contribution in [0, 0.1) is 0 Å². The lowest BCUT2D eigenvalue weighted by Crippen LogP contribution is -2.39. The van der Waals surface area contributed by atoms with Crippen LogP contribution in [0.3, 0.4) is 0 Å². The topological polar surface area (TPSA) is 55.6 Å². The van der Waals surface area contributed by atoms with Crippen molar-refractivity contribution >= 4 is 11.6 Å². The molecule has 0 aliphatic rings. The second kappa shape index (κ2) is 5.81. The van der Waals surface area contributed by atoms with Crippen LogP contribution in [0.4, 0.5) is 18.9 Å². The lowest BCUT2D eigenvalue weighted by molar-refractivity contribution is -0.140. The Morgan fingerprint density at radius 2 is 2.05 bits per heavy atom. The maximum atomic E-state index is 12.4. The van der Waals surface area contributed by atoms with Gasteiger partial charge in [-0.05, 0) is 19.1 Å². The van der Waals surface area contributed by atoms with Gasteiger partial charge in [0.05, 0.1) is 18.4 Å². The number of carbonyl (C=O) groups excluding carboxylic acids is 1. The zero-order chi connectivity index (χ0) is 14.6. The third-order valence-electron chi connectivity index (χ3n) is 2.52. The first kappa shape index (κ1) is 15.1. The molecule has 1 aromatic carbocycles. The number of rotatable bonds is 4. The van der Waals surface area contributed by atoms with Gasteiger partial charge in [-0.2, -0.15) is 13.2 Å². The van der Waals surface area contributed by atoms with Gasteiger partial charge in [0.15, 0.2) is 5.75 Å². The molecule has 19 heavy (non-hydrogen) atoms. The Morgan fingerprint density at radius 1 is 1.42 bits per heavy atom. The second-order valence-electron chi connectivity index (χ2n) is 3.86. The molecule has 0 aliphatic carbocycles. The summed E-state index contributed by atoms with van der Waals surface area (Å²) in [6.45, 7) is 0.110. The Hall–Kier alpha value is -1.92. The molecule has 0 spiro atoms. The lowest BCUT2D eigenvalue weighted by Gasteiger charge is -2.23. The van der Waals surface area contributed by atoms with Gasteiger partial charge in [0.25, 0.3) is 5.91 Å². The first-order chi connectivity index (χ1) is 8.80. The summed E-state index contributed by atoms with van der Waals surface area (Å²) >= 11 is 0. The number of nitrogen functional groups attached to an aromatic ring is 1. The fourth-order valence-electron chi connectivity index (χ4n) is 1.67. The van der Waals surface area contributed by atoms with Gasteiger partial charge in [-0.1, -0.05) is 6.07 Å². The molecule has 0 bridgehead atoms. The van der Waals surface area contributed by atoms with Gasteiger partial charge in [-0.15, -0.1) is 0 Å². The van der Waals surface area contributed by atoms with Crippen LogP contribution in [0.5, 0.6) is 5.75 Å². The predicted octanol–water partition coefficient (Wildman–Crippen LogP) is 2.30. The minimum absolute atomic E-state index is 0.0219. The second-order valence-corrected chi connectivity index (χ2v) is 3.86. The van der Waals surface area contributed by atoms with Gasteiger partial charge in [-0.25, -0.2) is 0 Å². The van der Waals surface area contributed by atoms with E-state index in [0.29, 0.717) is 4.90 Å². The fourth-order valence-corrected chi connectivity index (χ4v) is 1.67. The molecular weight excluding hydrogens is 261 g/mol. The zero-order valence-corrected chi connectivity index (χ0v) is 10.6. The van der Waals surface area contributed by atoms with Crippen molar-refractivity contribution in [2.75, 3.05) is 25.9 Å². The molecule has 1 rings (SSSR count). The number of hydrogen-bond acceptors (Lipinski definition) is 3. The number of benzene rings is 1. The number of amides is 1. The highest BCUT2D eigenvalue weighted by Crippen LogP contribution is 2.28. The molecule has 7 heteroatoms. The number of anilines is 1. The van der Waals surface area contributed by atoms with E-state index in [2.05, 4.69) is 0 Å². The molecule has 0 heterocycles. The molecule has 2 N–H and O–H groups in total. The lowest BCUT2D eigenvalue weighted by atomic mass is 10.1. The fraction of sp³-hybridized carbons (Fsp3) is 0.417. The molecule has 0 aromatic heterocycles. The van der Waals surface area contributed by atoms with E-state index in [1.807, 2.05) is 0 Å². The molecule has 106 valence electrons. The molecule has 0 saturated carbocycles.